The molecule has 1 aromatic carbocycles. The first kappa shape index (κ1) is 15.8. The van der Waals surface area contributed by atoms with Crippen LogP contribution >= 0.6 is 0 Å². The quantitative estimate of drug-likeness (QED) is 0.844. The van der Waals surface area contributed by atoms with Crippen LogP contribution in [0.5, 0.6) is 0 Å². The number of anilines is 1. The first-order valence-corrected chi connectivity index (χ1v) is 7.73. The number of nitrogens with one attached hydrogen (secondary N) is 1. The number of benzene rings is 1. The molecule has 1 fully saturated rings. The molecule has 4 heteroatoms. The topological polar surface area (TPSA) is 65.3 Å². The monoisotopic (exact) mass is 288 g/mol. The standard InChI is InChI=1S/C17H24N2O2/c1-13-7-8-14(10-18)9-17(13)19-11-15(20)12-21-16-5-3-2-4-6-16/h7-9,15-16,19-20H,2-6,11-12H2,1H3. The van der Waals surface area contributed by atoms with Gasteiger partial charge in [0.1, 0.15) is 0 Å². The Labute approximate surface area is 126 Å². The number of hydrogen-bond acceptors (Lipinski definition) is 4. The van der Waals surface area contributed by atoms with Crippen molar-refractivity contribution in [2.75, 3.05) is 18.5 Å². The van der Waals surface area contributed by atoms with Crippen molar-refractivity contribution in [2.45, 2.75) is 51.2 Å². The molecule has 0 saturated heterocycles. The fraction of sp³-hybridized carbons (Fsp3) is 0.588. The molecule has 1 aromatic rings. The van der Waals surface area contributed by atoms with Crippen LogP contribution in [0.15, 0.2) is 18.2 Å². The highest BCUT2D eigenvalue weighted by molar-refractivity contribution is 5.55. The van der Waals surface area contributed by atoms with Crippen LogP contribution in [0.3, 0.4) is 0 Å². The molecule has 2 N–H and O–H groups in total. The van der Waals surface area contributed by atoms with Gasteiger partial charge in [-0.05, 0) is 37.5 Å². The maximum absolute atomic E-state index is 10.0. The van der Waals surface area contributed by atoms with E-state index < -0.39 is 6.10 Å². The molecule has 21 heavy (non-hydrogen) atoms. The predicted molar refractivity (Wildman–Crippen MR) is 83.2 cm³/mol. The molecule has 0 aromatic heterocycles. The van der Waals surface area contributed by atoms with Gasteiger partial charge in [-0.1, -0.05) is 25.3 Å². The van der Waals surface area contributed by atoms with Crippen molar-refractivity contribution in [3.05, 3.63) is 29.3 Å². The Hall–Kier alpha value is -1.57. The van der Waals surface area contributed by atoms with Crippen molar-refractivity contribution in [1.29, 1.82) is 5.26 Å². The first-order valence-electron chi connectivity index (χ1n) is 7.73. The van der Waals surface area contributed by atoms with E-state index in [0.717, 1.165) is 24.1 Å². The molecule has 0 bridgehead atoms. The Bertz CT molecular complexity index is 490. The summed E-state index contributed by atoms with van der Waals surface area (Å²) >= 11 is 0. The van der Waals surface area contributed by atoms with Gasteiger partial charge in [0.15, 0.2) is 0 Å². The molecule has 0 heterocycles. The van der Waals surface area contributed by atoms with E-state index in [0.29, 0.717) is 24.8 Å². The van der Waals surface area contributed by atoms with Crippen molar-refractivity contribution >= 4 is 5.69 Å². The van der Waals surface area contributed by atoms with Crippen LogP contribution in [-0.2, 0) is 4.74 Å². The molecular weight excluding hydrogens is 264 g/mol. The number of aryl methyl sites for hydroxylation is 1. The Morgan fingerprint density at radius 2 is 2.14 bits per heavy atom. The van der Waals surface area contributed by atoms with Crippen LogP contribution in [0.4, 0.5) is 5.69 Å². The molecule has 4 nitrogen and oxygen atoms in total. The highest BCUT2D eigenvalue weighted by Gasteiger charge is 2.15. The molecule has 0 spiro atoms. The van der Waals surface area contributed by atoms with Crippen LogP contribution in [-0.4, -0.2) is 30.5 Å². The van der Waals surface area contributed by atoms with E-state index in [1.807, 2.05) is 19.1 Å². The predicted octanol–water partition coefficient (Wildman–Crippen LogP) is 2.99. The lowest BCUT2D eigenvalue weighted by molar-refractivity contribution is -0.0195. The minimum Gasteiger partial charge on any atom is -0.389 e. The van der Waals surface area contributed by atoms with Gasteiger partial charge < -0.3 is 15.2 Å². The Kier molecular flexibility index (Phi) is 6.04. The van der Waals surface area contributed by atoms with Crippen LogP contribution < -0.4 is 5.32 Å². The lowest BCUT2D eigenvalue weighted by Crippen LogP contribution is -2.28. The molecule has 2 rings (SSSR count). The molecule has 1 unspecified atom stereocenters. The zero-order chi connectivity index (χ0) is 15.1. The third-order valence-corrected chi connectivity index (χ3v) is 3.97. The number of nitrogens with zero attached hydrogens (tertiary/aromatic N) is 1. The fourth-order valence-electron chi connectivity index (χ4n) is 2.65. The Balaban J connectivity index is 1.75. The van der Waals surface area contributed by atoms with E-state index in [1.165, 1.54) is 19.3 Å². The zero-order valence-electron chi connectivity index (χ0n) is 12.6. The second kappa shape index (κ2) is 8.02. The molecule has 0 aliphatic heterocycles. The van der Waals surface area contributed by atoms with Gasteiger partial charge in [-0.15, -0.1) is 0 Å². The van der Waals surface area contributed by atoms with Gasteiger partial charge in [-0.2, -0.15) is 5.26 Å². The summed E-state index contributed by atoms with van der Waals surface area (Å²) < 4.78 is 5.77. The number of hydrogen-bond donors (Lipinski definition) is 2. The van der Waals surface area contributed by atoms with Crippen molar-refractivity contribution in [3.8, 4) is 6.07 Å². The minimum absolute atomic E-state index is 0.317. The molecule has 1 saturated carbocycles. The third-order valence-electron chi connectivity index (χ3n) is 3.97. The summed E-state index contributed by atoms with van der Waals surface area (Å²) in [5.74, 6) is 0. The maximum Gasteiger partial charge on any atom is 0.0992 e. The number of aliphatic hydroxyl groups is 1. The Morgan fingerprint density at radius 3 is 2.86 bits per heavy atom. The minimum atomic E-state index is -0.530. The van der Waals surface area contributed by atoms with Crippen LogP contribution in [0.2, 0.25) is 0 Å². The molecule has 1 aliphatic carbocycles. The van der Waals surface area contributed by atoms with Crippen molar-refractivity contribution < 1.29 is 9.84 Å². The second-order valence-electron chi connectivity index (χ2n) is 5.77. The van der Waals surface area contributed by atoms with Gasteiger partial charge in [0.05, 0.1) is 30.4 Å². The highest BCUT2D eigenvalue weighted by atomic mass is 16.5. The van der Waals surface area contributed by atoms with E-state index in [1.54, 1.807) is 6.07 Å². The average molecular weight is 288 g/mol. The van der Waals surface area contributed by atoms with Crippen molar-refractivity contribution in [2.24, 2.45) is 0 Å². The molecule has 1 aliphatic rings. The van der Waals surface area contributed by atoms with Crippen LogP contribution in [0, 0.1) is 18.3 Å². The molecule has 1 atom stereocenters. The van der Waals surface area contributed by atoms with Gasteiger partial charge in [-0.25, -0.2) is 0 Å². The molecule has 0 radical (unpaired) electrons. The summed E-state index contributed by atoms with van der Waals surface area (Å²) in [6.07, 6.45) is 5.79. The number of nitriles is 1. The fourth-order valence-corrected chi connectivity index (χ4v) is 2.65. The highest BCUT2D eigenvalue weighted by Crippen LogP contribution is 2.20. The number of ether oxygens (including phenoxy) is 1. The summed E-state index contributed by atoms with van der Waals surface area (Å²) in [4.78, 5) is 0. The van der Waals surface area contributed by atoms with E-state index in [9.17, 15) is 5.11 Å². The van der Waals surface area contributed by atoms with E-state index in [-0.39, 0.29) is 0 Å². The summed E-state index contributed by atoms with van der Waals surface area (Å²) in [7, 11) is 0. The van der Waals surface area contributed by atoms with Crippen LogP contribution in [0.25, 0.3) is 0 Å². The molecular formula is C17H24N2O2. The lowest BCUT2D eigenvalue weighted by atomic mass is 9.98. The average Bonchev–Trinajstić information content (AvgIpc) is 2.53. The van der Waals surface area contributed by atoms with Crippen molar-refractivity contribution in [1.82, 2.24) is 0 Å². The van der Waals surface area contributed by atoms with Gasteiger partial charge >= 0.3 is 0 Å². The van der Waals surface area contributed by atoms with Gasteiger partial charge in [0.2, 0.25) is 0 Å². The van der Waals surface area contributed by atoms with Gasteiger partial charge in [-0.3, -0.25) is 0 Å². The van der Waals surface area contributed by atoms with E-state index >= 15 is 0 Å². The SMILES string of the molecule is Cc1ccc(C#N)cc1NCC(O)COC1CCCCC1. The van der Waals surface area contributed by atoms with Crippen molar-refractivity contribution in [3.63, 3.8) is 0 Å². The zero-order valence-corrected chi connectivity index (χ0v) is 12.6. The summed E-state index contributed by atoms with van der Waals surface area (Å²) in [6, 6.07) is 7.64. The summed E-state index contributed by atoms with van der Waals surface area (Å²) in [5, 5.41) is 22.1. The van der Waals surface area contributed by atoms with E-state index in [2.05, 4.69) is 11.4 Å². The summed E-state index contributed by atoms with van der Waals surface area (Å²) in [6.45, 7) is 2.78. The number of rotatable bonds is 6. The molecule has 114 valence electrons. The van der Waals surface area contributed by atoms with Gasteiger partial charge in [0, 0.05) is 12.2 Å². The lowest BCUT2D eigenvalue weighted by Gasteiger charge is -2.23. The van der Waals surface area contributed by atoms with E-state index in [4.69, 9.17) is 10.00 Å². The van der Waals surface area contributed by atoms with Gasteiger partial charge in [0.25, 0.3) is 0 Å². The summed E-state index contributed by atoms with van der Waals surface area (Å²) in [5.41, 5.74) is 2.58. The normalized spacial score (nSPS) is 17.2. The third kappa shape index (κ3) is 5.04. The largest absolute Gasteiger partial charge is 0.389 e. The second-order valence-corrected chi connectivity index (χ2v) is 5.77. The van der Waals surface area contributed by atoms with Crippen LogP contribution in [0.1, 0.15) is 43.2 Å². The number of aliphatic hydroxyl groups excluding tert-OH is 1. The smallest absolute Gasteiger partial charge is 0.0992 e. The maximum atomic E-state index is 10.0. The molecule has 0 amide bonds. The first-order chi connectivity index (χ1) is 10.2. The Morgan fingerprint density at radius 1 is 1.38 bits per heavy atom.